The highest BCUT2D eigenvalue weighted by atomic mass is 16.5. The van der Waals surface area contributed by atoms with Gasteiger partial charge in [0.15, 0.2) is 0 Å². The normalized spacial score (nSPS) is 12.1. The molecule has 0 saturated heterocycles. The highest BCUT2D eigenvalue weighted by molar-refractivity contribution is 5.87. The lowest BCUT2D eigenvalue weighted by atomic mass is 10.2. The molecule has 2 heteroatoms. The average Bonchev–Trinajstić information content (AvgIpc) is 2.26. The topological polar surface area (TPSA) is 26.3 Å². The van der Waals surface area contributed by atoms with Crippen LogP contribution in [-0.4, -0.2) is 12.6 Å². The highest BCUT2D eigenvalue weighted by Crippen LogP contribution is 2.01. The van der Waals surface area contributed by atoms with Gasteiger partial charge in [0.25, 0.3) is 0 Å². The highest BCUT2D eigenvalue weighted by Gasteiger charge is 2.02. The second kappa shape index (κ2) is 9.50. The number of carbonyl (C=O) groups is 1. The number of esters is 1. The van der Waals surface area contributed by atoms with E-state index in [1.807, 2.05) is 6.92 Å². The van der Waals surface area contributed by atoms with E-state index in [9.17, 15) is 4.79 Å². The van der Waals surface area contributed by atoms with Gasteiger partial charge in [-0.25, -0.2) is 4.79 Å². The Morgan fingerprint density at radius 3 is 2.60 bits per heavy atom. The third-order valence-corrected chi connectivity index (χ3v) is 2.16. The zero-order valence-corrected chi connectivity index (χ0v) is 10.1. The Bertz CT molecular complexity index is 227. The van der Waals surface area contributed by atoms with Gasteiger partial charge in [0.2, 0.25) is 0 Å². The van der Waals surface area contributed by atoms with Crippen LogP contribution in [0.5, 0.6) is 0 Å². The van der Waals surface area contributed by atoms with Gasteiger partial charge in [-0.1, -0.05) is 25.2 Å². The van der Waals surface area contributed by atoms with Gasteiger partial charge in [-0.15, -0.1) is 0 Å². The van der Waals surface area contributed by atoms with Crippen LogP contribution in [0.1, 0.15) is 46.5 Å². The zero-order valence-electron chi connectivity index (χ0n) is 10.1. The number of unbranched alkanes of at least 4 members (excludes halogenated alkanes) is 2. The van der Waals surface area contributed by atoms with Crippen LogP contribution in [0, 0.1) is 0 Å². The van der Waals surface area contributed by atoms with Crippen molar-refractivity contribution < 1.29 is 9.53 Å². The summed E-state index contributed by atoms with van der Waals surface area (Å²) < 4.78 is 5.07. The molecule has 0 aliphatic carbocycles. The molecule has 0 aromatic heterocycles. The third-order valence-electron chi connectivity index (χ3n) is 2.16. The van der Waals surface area contributed by atoms with Crippen LogP contribution in [-0.2, 0) is 9.53 Å². The summed E-state index contributed by atoms with van der Waals surface area (Å²) in [7, 11) is 0. The molecule has 0 atom stereocenters. The van der Waals surface area contributed by atoms with Crippen LogP contribution in [0.2, 0.25) is 0 Å². The van der Waals surface area contributed by atoms with Crippen LogP contribution in [0.4, 0.5) is 0 Å². The van der Waals surface area contributed by atoms with E-state index in [4.69, 9.17) is 4.74 Å². The lowest BCUT2D eigenvalue weighted by Crippen LogP contribution is -2.06. The third kappa shape index (κ3) is 7.98. The van der Waals surface area contributed by atoms with Gasteiger partial charge in [-0.2, -0.15) is 0 Å². The van der Waals surface area contributed by atoms with Gasteiger partial charge >= 0.3 is 5.97 Å². The van der Waals surface area contributed by atoms with Gasteiger partial charge in [-0.3, -0.25) is 0 Å². The Morgan fingerprint density at radius 1 is 1.27 bits per heavy atom. The van der Waals surface area contributed by atoms with Crippen LogP contribution in [0.25, 0.3) is 0 Å². The van der Waals surface area contributed by atoms with E-state index in [0.717, 1.165) is 25.7 Å². The summed E-state index contributed by atoms with van der Waals surface area (Å²) in [5.74, 6) is -0.193. The fourth-order valence-electron chi connectivity index (χ4n) is 1.05. The fraction of sp³-hybridized carbons (Fsp3) is 0.615. The minimum atomic E-state index is -0.193. The molecule has 15 heavy (non-hydrogen) atoms. The van der Waals surface area contributed by atoms with Crippen molar-refractivity contribution in [2.75, 3.05) is 6.61 Å². The molecule has 0 heterocycles. The second-order valence-electron chi connectivity index (χ2n) is 3.48. The number of hydrogen-bond acceptors (Lipinski definition) is 2. The minimum Gasteiger partial charge on any atom is -0.462 e. The SMILES string of the molecule is C/C=C(\C)C(=O)OCCCC/C=C/CC. The fourth-order valence-corrected chi connectivity index (χ4v) is 1.05. The Hall–Kier alpha value is -1.05. The summed E-state index contributed by atoms with van der Waals surface area (Å²) in [6.45, 7) is 6.26. The molecule has 0 aliphatic rings. The molecule has 0 unspecified atom stereocenters. The van der Waals surface area contributed by atoms with Crippen molar-refractivity contribution in [3.8, 4) is 0 Å². The predicted molar refractivity (Wildman–Crippen MR) is 63.7 cm³/mol. The molecule has 0 amide bonds. The van der Waals surface area contributed by atoms with E-state index in [0.29, 0.717) is 12.2 Å². The van der Waals surface area contributed by atoms with Crippen molar-refractivity contribution in [1.82, 2.24) is 0 Å². The second-order valence-corrected chi connectivity index (χ2v) is 3.48. The molecule has 0 aromatic carbocycles. The molecule has 0 rings (SSSR count). The van der Waals surface area contributed by atoms with Crippen LogP contribution in [0.15, 0.2) is 23.8 Å². The van der Waals surface area contributed by atoms with Crippen molar-refractivity contribution in [3.05, 3.63) is 23.8 Å². The molecule has 0 N–H and O–H groups in total. The molecule has 0 bridgehead atoms. The van der Waals surface area contributed by atoms with Gasteiger partial charge in [0, 0.05) is 5.57 Å². The number of ether oxygens (including phenoxy) is 1. The van der Waals surface area contributed by atoms with Crippen molar-refractivity contribution in [2.45, 2.75) is 46.5 Å². The van der Waals surface area contributed by atoms with Crippen molar-refractivity contribution in [3.63, 3.8) is 0 Å². The molecular formula is C13H22O2. The summed E-state index contributed by atoms with van der Waals surface area (Å²) in [6.07, 6.45) is 10.3. The summed E-state index contributed by atoms with van der Waals surface area (Å²) in [4.78, 5) is 11.2. The zero-order chi connectivity index (χ0) is 11.5. The van der Waals surface area contributed by atoms with Crippen molar-refractivity contribution in [2.24, 2.45) is 0 Å². The molecule has 0 aromatic rings. The summed E-state index contributed by atoms with van der Waals surface area (Å²) in [5.41, 5.74) is 0.681. The number of hydrogen-bond donors (Lipinski definition) is 0. The largest absolute Gasteiger partial charge is 0.462 e. The molecule has 0 saturated carbocycles. The van der Waals surface area contributed by atoms with E-state index in [1.165, 1.54) is 0 Å². The van der Waals surface area contributed by atoms with Gasteiger partial charge in [-0.05, 0) is 39.5 Å². The Morgan fingerprint density at radius 2 is 2.00 bits per heavy atom. The lowest BCUT2D eigenvalue weighted by molar-refractivity contribution is -0.139. The van der Waals surface area contributed by atoms with Crippen molar-refractivity contribution in [1.29, 1.82) is 0 Å². The van der Waals surface area contributed by atoms with Crippen LogP contribution in [0.3, 0.4) is 0 Å². The summed E-state index contributed by atoms with van der Waals surface area (Å²) >= 11 is 0. The number of carbonyl (C=O) groups excluding carboxylic acids is 1. The Kier molecular flexibility index (Phi) is 8.84. The van der Waals surface area contributed by atoms with Crippen molar-refractivity contribution >= 4 is 5.97 Å². The first-order valence-electron chi connectivity index (χ1n) is 5.67. The maximum Gasteiger partial charge on any atom is 0.333 e. The van der Waals surface area contributed by atoms with Crippen LogP contribution < -0.4 is 0 Å². The molecular weight excluding hydrogens is 188 g/mol. The molecule has 0 fully saturated rings. The molecule has 86 valence electrons. The first-order chi connectivity index (χ1) is 7.22. The lowest BCUT2D eigenvalue weighted by Gasteiger charge is -2.03. The maximum atomic E-state index is 11.2. The van der Waals surface area contributed by atoms with E-state index in [-0.39, 0.29) is 5.97 Å². The predicted octanol–water partition coefficient (Wildman–Crippen LogP) is 3.63. The summed E-state index contributed by atoms with van der Waals surface area (Å²) in [5, 5.41) is 0. The number of allylic oxidation sites excluding steroid dienone is 3. The molecule has 0 radical (unpaired) electrons. The number of rotatable bonds is 7. The van der Waals surface area contributed by atoms with Gasteiger partial charge in [0.1, 0.15) is 0 Å². The first-order valence-corrected chi connectivity index (χ1v) is 5.67. The molecule has 2 nitrogen and oxygen atoms in total. The standard InChI is InChI=1S/C13H22O2/c1-4-6-7-8-9-10-11-15-13(14)12(3)5-2/h5-7H,4,8-11H2,1-3H3/b7-6+,12-5+. The Labute approximate surface area is 93.0 Å². The van der Waals surface area contributed by atoms with E-state index < -0.39 is 0 Å². The maximum absolute atomic E-state index is 11.2. The van der Waals surface area contributed by atoms with E-state index in [2.05, 4.69) is 19.1 Å². The molecule has 0 spiro atoms. The minimum absolute atomic E-state index is 0.193. The first kappa shape index (κ1) is 13.9. The van der Waals surface area contributed by atoms with Crippen LogP contribution >= 0.6 is 0 Å². The van der Waals surface area contributed by atoms with Gasteiger partial charge < -0.3 is 4.74 Å². The smallest absolute Gasteiger partial charge is 0.333 e. The van der Waals surface area contributed by atoms with Gasteiger partial charge in [0.05, 0.1) is 6.61 Å². The monoisotopic (exact) mass is 210 g/mol. The summed E-state index contributed by atoms with van der Waals surface area (Å²) in [6, 6.07) is 0. The Balaban J connectivity index is 3.39. The van der Waals surface area contributed by atoms with E-state index >= 15 is 0 Å². The van der Waals surface area contributed by atoms with E-state index in [1.54, 1.807) is 13.0 Å². The quantitative estimate of drug-likeness (QED) is 0.277. The molecule has 0 aliphatic heterocycles. The average molecular weight is 210 g/mol.